The number of rotatable bonds is 1. The summed E-state index contributed by atoms with van der Waals surface area (Å²) in [6.45, 7) is 0. The Kier molecular flexibility index (Phi) is 3.50. The molecule has 2 heterocycles. The Morgan fingerprint density at radius 3 is 2.48 bits per heavy atom. The fraction of sp³-hybridized carbons (Fsp3) is 0.444. The number of halogens is 2. The van der Waals surface area contributed by atoms with E-state index in [9.17, 15) is 13.9 Å². The van der Waals surface area contributed by atoms with Gasteiger partial charge in [0.05, 0.1) is 5.54 Å². The minimum absolute atomic E-state index is 0.0646. The zero-order valence-corrected chi connectivity index (χ0v) is 12.8. The summed E-state index contributed by atoms with van der Waals surface area (Å²) in [4.78, 5) is 2.15. The molecule has 1 aromatic carbocycles. The predicted molar refractivity (Wildman–Crippen MR) is 84.1 cm³/mol. The minimum Gasteiger partial charge on any atom is -0.376 e. The molecule has 2 N–H and O–H groups in total. The molecule has 2 atom stereocenters. The first-order valence-corrected chi connectivity index (χ1v) is 8.18. The molecule has 2 unspecified atom stereocenters. The fourth-order valence-corrected chi connectivity index (χ4v) is 4.15. The van der Waals surface area contributed by atoms with Gasteiger partial charge < -0.3 is 10.0 Å². The summed E-state index contributed by atoms with van der Waals surface area (Å²) in [6.07, 6.45) is 10.3. The number of benzene rings is 1. The van der Waals surface area contributed by atoms with Crippen LogP contribution in [0.5, 0.6) is 0 Å². The van der Waals surface area contributed by atoms with Crippen molar-refractivity contribution in [3.63, 3.8) is 0 Å². The molecule has 0 amide bonds. The lowest BCUT2D eigenvalue weighted by Gasteiger charge is -2.44. The number of nitrogens with zero attached hydrogens (tertiary/aromatic N) is 1. The molecule has 5 heteroatoms. The van der Waals surface area contributed by atoms with Crippen LogP contribution in [0.15, 0.2) is 36.6 Å². The van der Waals surface area contributed by atoms with Gasteiger partial charge in [0.25, 0.3) is 0 Å². The van der Waals surface area contributed by atoms with Crippen molar-refractivity contribution in [2.45, 2.75) is 50.0 Å². The van der Waals surface area contributed by atoms with Crippen molar-refractivity contribution >= 4 is 5.57 Å². The van der Waals surface area contributed by atoms with Crippen LogP contribution >= 0.6 is 0 Å². The van der Waals surface area contributed by atoms with Gasteiger partial charge in [0, 0.05) is 12.3 Å². The van der Waals surface area contributed by atoms with Crippen LogP contribution in [-0.2, 0) is 0 Å². The third-order valence-electron chi connectivity index (χ3n) is 5.30. The average Bonchev–Trinajstić information content (AvgIpc) is 2.79. The molecule has 23 heavy (non-hydrogen) atoms. The summed E-state index contributed by atoms with van der Waals surface area (Å²) >= 11 is 0. The zero-order valence-electron chi connectivity index (χ0n) is 12.8. The van der Waals surface area contributed by atoms with Gasteiger partial charge in [-0.25, -0.2) is 8.78 Å². The molecular formula is C18H20F2N2O. The highest BCUT2D eigenvalue weighted by Gasteiger charge is 2.51. The predicted octanol–water partition coefficient (Wildman–Crippen LogP) is 3.13. The standard InChI is InChI=1S/C18H20F2N2O/c19-14-8-13(9-15(20)10-14)12-4-5-16-21-17(23)18(22(16)11-12)6-2-1-3-7-18/h4-5,8-11,16-17,21,23H,1-3,6-7H2. The summed E-state index contributed by atoms with van der Waals surface area (Å²) in [6, 6.07) is 3.56. The Morgan fingerprint density at radius 2 is 1.78 bits per heavy atom. The topological polar surface area (TPSA) is 35.5 Å². The molecule has 4 rings (SSSR count). The Labute approximate surface area is 134 Å². The van der Waals surface area contributed by atoms with E-state index in [0.29, 0.717) is 5.56 Å². The van der Waals surface area contributed by atoms with Gasteiger partial charge in [0.2, 0.25) is 0 Å². The molecule has 3 aliphatic rings. The van der Waals surface area contributed by atoms with E-state index < -0.39 is 17.9 Å². The van der Waals surface area contributed by atoms with Crippen molar-refractivity contribution in [2.24, 2.45) is 0 Å². The number of fused-ring (bicyclic) bond motifs is 2. The molecule has 2 aliphatic heterocycles. The SMILES string of the molecule is OC1NC2C=CC(c3cc(F)cc(F)c3)=CN2C12CCCCC2. The number of aliphatic hydroxyl groups excluding tert-OH is 1. The van der Waals surface area contributed by atoms with Crippen molar-refractivity contribution in [1.29, 1.82) is 0 Å². The van der Waals surface area contributed by atoms with Crippen LogP contribution in [0.2, 0.25) is 0 Å². The lowest BCUT2D eigenvalue weighted by molar-refractivity contribution is 0.0126. The van der Waals surface area contributed by atoms with Gasteiger partial charge in [-0.3, -0.25) is 5.32 Å². The van der Waals surface area contributed by atoms with Crippen LogP contribution < -0.4 is 5.32 Å². The zero-order chi connectivity index (χ0) is 16.0. The first-order chi connectivity index (χ1) is 11.1. The molecule has 1 aromatic rings. The fourth-order valence-electron chi connectivity index (χ4n) is 4.15. The highest BCUT2D eigenvalue weighted by atomic mass is 19.1. The molecular weight excluding hydrogens is 298 g/mol. The maximum Gasteiger partial charge on any atom is 0.130 e. The summed E-state index contributed by atoms with van der Waals surface area (Å²) in [5, 5.41) is 13.8. The van der Waals surface area contributed by atoms with Crippen LogP contribution in [0.1, 0.15) is 37.7 Å². The number of hydrogen-bond donors (Lipinski definition) is 2. The van der Waals surface area contributed by atoms with E-state index in [4.69, 9.17) is 0 Å². The number of aliphatic hydroxyl groups is 1. The van der Waals surface area contributed by atoms with Crippen LogP contribution in [0, 0.1) is 11.6 Å². The molecule has 0 bridgehead atoms. The van der Waals surface area contributed by atoms with Crippen LogP contribution in [0.4, 0.5) is 8.78 Å². The quantitative estimate of drug-likeness (QED) is 0.835. The lowest BCUT2D eigenvalue weighted by atomic mass is 9.79. The van der Waals surface area contributed by atoms with E-state index in [1.54, 1.807) is 0 Å². The van der Waals surface area contributed by atoms with Crippen LogP contribution in [-0.4, -0.2) is 27.9 Å². The molecule has 1 spiro atoms. The van der Waals surface area contributed by atoms with E-state index in [-0.39, 0.29) is 11.7 Å². The summed E-state index contributed by atoms with van der Waals surface area (Å²) < 4.78 is 27.0. The molecule has 3 nitrogen and oxygen atoms in total. The van der Waals surface area contributed by atoms with Crippen molar-refractivity contribution in [1.82, 2.24) is 10.2 Å². The molecule has 0 radical (unpaired) electrons. The van der Waals surface area contributed by atoms with E-state index in [1.807, 2.05) is 18.4 Å². The van der Waals surface area contributed by atoms with Gasteiger partial charge in [-0.15, -0.1) is 0 Å². The average molecular weight is 318 g/mol. The lowest BCUT2D eigenvalue weighted by Crippen LogP contribution is -2.51. The molecule has 1 saturated heterocycles. The summed E-state index contributed by atoms with van der Waals surface area (Å²) in [7, 11) is 0. The first-order valence-electron chi connectivity index (χ1n) is 8.18. The number of nitrogens with one attached hydrogen (secondary N) is 1. The van der Waals surface area contributed by atoms with Gasteiger partial charge >= 0.3 is 0 Å². The van der Waals surface area contributed by atoms with Gasteiger partial charge in [-0.1, -0.05) is 25.3 Å². The highest BCUT2D eigenvalue weighted by Crippen LogP contribution is 2.43. The smallest absolute Gasteiger partial charge is 0.130 e. The second kappa shape index (κ2) is 5.42. The molecule has 0 aromatic heterocycles. The van der Waals surface area contributed by atoms with Crippen molar-refractivity contribution < 1.29 is 13.9 Å². The molecule has 122 valence electrons. The maximum absolute atomic E-state index is 13.5. The van der Waals surface area contributed by atoms with Crippen LogP contribution in [0.3, 0.4) is 0 Å². The van der Waals surface area contributed by atoms with E-state index >= 15 is 0 Å². The van der Waals surface area contributed by atoms with E-state index in [1.165, 1.54) is 18.6 Å². The van der Waals surface area contributed by atoms with Gasteiger partial charge in [-0.2, -0.15) is 0 Å². The second-order valence-electron chi connectivity index (χ2n) is 6.69. The Morgan fingerprint density at radius 1 is 1.09 bits per heavy atom. The monoisotopic (exact) mass is 318 g/mol. The first kappa shape index (κ1) is 14.8. The Balaban J connectivity index is 1.72. The van der Waals surface area contributed by atoms with Crippen molar-refractivity contribution in [3.8, 4) is 0 Å². The van der Waals surface area contributed by atoms with E-state index in [2.05, 4.69) is 10.2 Å². The van der Waals surface area contributed by atoms with Gasteiger partial charge in [-0.05, 0) is 42.2 Å². The number of allylic oxidation sites excluding steroid dienone is 2. The normalized spacial score (nSPS) is 28.8. The maximum atomic E-state index is 13.5. The van der Waals surface area contributed by atoms with E-state index in [0.717, 1.165) is 37.3 Å². The third kappa shape index (κ3) is 2.39. The van der Waals surface area contributed by atoms with Crippen molar-refractivity contribution in [3.05, 3.63) is 53.7 Å². The molecule has 2 fully saturated rings. The van der Waals surface area contributed by atoms with Gasteiger partial charge in [0.1, 0.15) is 24.0 Å². The minimum atomic E-state index is -0.586. The Hall–Kier alpha value is -1.72. The second-order valence-corrected chi connectivity index (χ2v) is 6.69. The Bertz CT molecular complexity index is 659. The third-order valence-corrected chi connectivity index (χ3v) is 5.30. The van der Waals surface area contributed by atoms with Crippen molar-refractivity contribution in [2.75, 3.05) is 0 Å². The summed E-state index contributed by atoms with van der Waals surface area (Å²) in [5.74, 6) is -1.16. The molecule has 1 aliphatic carbocycles. The number of hydrogen-bond acceptors (Lipinski definition) is 3. The highest BCUT2D eigenvalue weighted by molar-refractivity contribution is 5.75. The van der Waals surface area contributed by atoms with Crippen LogP contribution in [0.25, 0.3) is 5.57 Å². The summed E-state index contributed by atoms with van der Waals surface area (Å²) in [5.41, 5.74) is 0.968. The van der Waals surface area contributed by atoms with Gasteiger partial charge in [0.15, 0.2) is 0 Å². The molecule has 1 saturated carbocycles. The largest absolute Gasteiger partial charge is 0.376 e.